The van der Waals surface area contributed by atoms with Gasteiger partial charge in [0, 0.05) is 31.2 Å². The highest BCUT2D eigenvalue weighted by molar-refractivity contribution is 6.03. The van der Waals surface area contributed by atoms with Crippen LogP contribution in [0.25, 0.3) is 16.6 Å². The number of halogens is 3. The maximum Gasteiger partial charge on any atom is 0.417 e. The summed E-state index contributed by atoms with van der Waals surface area (Å²) in [5.74, 6) is -0.130. The van der Waals surface area contributed by atoms with Crippen molar-refractivity contribution < 1.29 is 27.2 Å². The summed E-state index contributed by atoms with van der Waals surface area (Å²) in [4.78, 5) is 24.2. The Morgan fingerprint density at radius 1 is 1.24 bits per heavy atom. The van der Waals surface area contributed by atoms with Gasteiger partial charge in [0.2, 0.25) is 18.6 Å². The molecule has 0 fully saturated rings. The molecule has 4 aromatic rings. The summed E-state index contributed by atoms with van der Waals surface area (Å²) in [5.41, 5.74) is 2.31. The molecule has 4 heterocycles. The van der Waals surface area contributed by atoms with Gasteiger partial charge in [0.15, 0.2) is 11.3 Å². The molecule has 0 saturated carbocycles. The molecular formula is C20H17F3N8O2. The van der Waals surface area contributed by atoms with Crippen molar-refractivity contribution in [3.63, 3.8) is 0 Å². The lowest BCUT2D eigenvalue weighted by Gasteiger charge is -2.14. The van der Waals surface area contributed by atoms with E-state index in [-0.39, 0.29) is 18.1 Å². The first-order chi connectivity index (χ1) is 15.7. The molecule has 1 N–H and O–H groups in total. The molecular weight excluding hydrogens is 441 g/mol. The number of amides is 2. The van der Waals surface area contributed by atoms with Gasteiger partial charge in [-0.15, -0.1) is 0 Å². The number of carbonyl (C=O) groups is 1. The van der Waals surface area contributed by atoms with E-state index in [2.05, 4.69) is 30.9 Å². The molecule has 0 aliphatic carbocycles. The summed E-state index contributed by atoms with van der Waals surface area (Å²) < 4.78 is 46.5. The van der Waals surface area contributed by atoms with E-state index < -0.39 is 17.8 Å². The molecule has 2 amide bonds. The molecule has 0 spiro atoms. The van der Waals surface area contributed by atoms with E-state index in [4.69, 9.17) is 4.52 Å². The van der Waals surface area contributed by atoms with Crippen molar-refractivity contribution in [1.29, 1.82) is 0 Å². The highest BCUT2D eigenvalue weighted by Crippen LogP contribution is 2.30. The third-order valence-corrected chi connectivity index (χ3v) is 4.57. The molecule has 0 bridgehead atoms. The Labute approximate surface area is 185 Å². The monoisotopic (exact) mass is 458 g/mol. The van der Waals surface area contributed by atoms with E-state index in [0.717, 1.165) is 29.2 Å². The quantitative estimate of drug-likeness (QED) is 0.455. The van der Waals surface area contributed by atoms with Crippen molar-refractivity contribution in [2.45, 2.75) is 19.6 Å². The zero-order valence-electron chi connectivity index (χ0n) is 17.4. The van der Waals surface area contributed by atoms with Gasteiger partial charge in [-0.3, -0.25) is 14.8 Å². The Morgan fingerprint density at radius 2 is 2.06 bits per heavy atom. The summed E-state index contributed by atoms with van der Waals surface area (Å²) in [7, 11) is 1.90. The van der Waals surface area contributed by atoms with Crippen LogP contribution in [0.3, 0.4) is 0 Å². The molecule has 0 radical (unpaired) electrons. The first-order valence-electron chi connectivity index (χ1n) is 9.53. The second-order valence-corrected chi connectivity index (χ2v) is 7.07. The maximum atomic E-state index is 12.8. The van der Waals surface area contributed by atoms with Crippen LogP contribution in [0.4, 0.5) is 29.5 Å². The van der Waals surface area contributed by atoms with Crippen molar-refractivity contribution in [3.8, 4) is 11.3 Å². The molecule has 4 aromatic heterocycles. The van der Waals surface area contributed by atoms with Crippen molar-refractivity contribution in [3.05, 3.63) is 71.6 Å². The highest BCUT2D eigenvalue weighted by atomic mass is 19.4. The SMILES string of the molecule is Cc1ncn(C)c1-c1ccc(C[n+]2cc([N-]C(=O)Nc3cncc(C(F)(F)F)c3)on2)nc1. The summed E-state index contributed by atoms with van der Waals surface area (Å²) >= 11 is 0. The van der Waals surface area contributed by atoms with E-state index in [1.54, 1.807) is 12.5 Å². The number of aromatic nitrogens is 6. The lowest BCUT2D eigenvalue weighted by molar-refractivity contribution is -0.755. The molecule has 10 nitrogen and oxygen atoms in total. The topological polar surface area (TPSA) is 117 Å². The van der Waals surface area contributed by atoms with Crippen LogP contribution in [0.15, 0.2) is 53.8 Å². The lowest BCUT2D eigenvalue weighted by atomic mass is 10.1. The maximum absolute atomic E-state index is 12.8. The fourth-order valence-corrected chi connectivity index (χ4v) is 3.09. The first-order valence-corrected chi connectivity index (χ1v) is 9.53. The van der Waals surface area contributed by atoms with Gasteiger partial charge in [-0.05, 0) is 35.5 Å². The van der Waals surface area contributed by atoms with E-state index in [1.807, 2.05) is 30.7 Å². The third kappa shape index (κ3) is 5.14. The van der Waals surface area contributed by atoms with Gasteiger partial charge < -0.3 is 19.7 Å². The number of nitrogens with one attached hydrogen (secondary N) is 1. The van der Waals surface area contributed by atoms with Crippen LogP contribution in [-0.2, 0) is 19.8 Å². The van der Waals surface area contributed by atoms with Gasteiger partial charge in [-0.1, -0.05) is 0 Å². The smallest absolute Gasteiger partial charge is 0.417 e. The van der Waals surface area contributed by atoms with Gasteiger partial charge >= 0.3 is 6.18 Å². The molecule has 170 valence electrons. The Kier molecular flexibility index (Phi) is 5.77. The van der Waals surface area contributed by atoms with Gasteiger partial charge in [0.1, 0.15) is 5.69 Å². The Morgan fingerprint density at radius 3 is 2.73 bits per heavy atom. The van der Waals surface area contributed by atoms with Crippen molar-refractivity contribution >= 4 is 17.6 Å². The Bertz CT molecular complexity index is 1260. The summed E-state index contributed by atoms with van der Waals surface area (Å²) in [5, 5.41) is 9.61. The fourth-order valence-electron chi connectivity index (χ4n) is 3.09. The van der Waals surface area contributed by atoms with Crippen LogP contribution in [-0.4, -0.2) is 30.8 Å². The average molecular weight is 458 g/mol. The molecule has 13 heteroatoms. The number of pyridine rings is 2. The van der Waals surface area contributed by atoms with Crippen LogP contribution in [0.5, 0.6) is 0 Å². The minimum Gasteiger partial charge on any atom is -0.423 e. The van der Waals surface area contributed by atoms with Crippen LogP contribution in [0, 0.1) is 6.92 Å². The van der Waals surface area contributed by atoms with Gasteiger partial charge in [0.25, 0.3) is 0 Å². The number of rotatable bonds is 5. The second kappa shape index (κ2) is 8.68. The van der Waals surface area contributed by atoms with Crippen LogP contribution in [0.1, 0.15) is 17.0 Å². The van der Waals surface area contributed by atoms with Crippen LogP contribution in [0.2, 0.25) is 0 Å². The molecule has 0 aliphatic heterocycles. The third-order valence-electron chi connectivity index (χ3n) is 4.57. The van der Waals surface area contributed by atoms with E-state index in [0.29, 0.717) is 11.9 Å². The van der Waals surface area contributed by atoms with Crippen molar-refractivity contribution in [1.82, 2.24) is 24.8 Å². The fraction of sp³-hybridized carbons (Fsp3) is 0.200. The molecule has 0 atom stereocenters. The molecule has 0 aliphatic rings. The number of hydrogen-bond donors (Lipinski definition) is 1. The minimum atomic E-state index is -4.58. The Hall–Kier alpha value is -4.29. The normalized spacial score (nSPS) is 11.4. The highest BCUT2D eigenvalue weighted by Gasteiger charge is 2.30. The summed E-state index contributed by atoms with van der Waals surface area (Å²) in [6, 6.07) is 3.56. The number of imidazole rings is 1. The number of alkyl halides is 3. The lowest BCUT2D eigenvalue weighted by Crippen LogP contribution is -2.35. The van der Waals surface area contributed by atoms with Crippen LogP contribution >= 0.6 is 0 Å². The zero-order valence-corrected chi connectivity index (χ0v) is 17.4. The largest absolute Gasteiger partial charge is 0.423 e. The predicted octanol–water partition coefficient (Wildman–Crippen LogP) is 3.77. The number of nitrogens with zero attached hydrogens (tertiary/aromatic N) is 7. The zero-order chi connectivity index (χ0) is 23.6. The predicted molar refractivity (Wildman–Crippen MR) is 108 cm³/mol. The van der Waals surface area contributed by atoms with E-state index >= 15 is 0 Å². The van der Waals surface area contributed by atoms with Gasteiger partial charge in [-0.25, -0.2) is 4.98 Å². The standard InChI is InChI=1S/C20H17F3N8O2/c1-12-18(30(2)11-26-12)13-3-4-15(25-6-13)9-31-10-17(33-29-31)28-19(32)27-16-5-14(7-24-8-16)20(21,22)23/h3-8,10-11H,9H2,1-2H3,(H-,27,28,29,32). The molecule has 0 saturated heterocycles. The molecule has 4 rings (SSSR count). The number of carbonyl (C=O) groups excluding carboxylic acids is 1. The minimum absolute atomic E-state index is 0.130. The number of urea groups is 1. The second-order valence-electron chi connectivity index (χ2n) is 7.07. The number of anilines is 1. The van der Waals surface area contributed by atoms with E-state index in [9.17, 15) is 18.0 Å². The Balaban J connectivity index is 1.37. The first kappa shape index (κ1) is 21.9. The van der Waals surface area contributed by atoms with Crippen molar-refractivity contribution in [2.24, 2.45) is 7.05 Å². The molecule has 0 unspecified atom stereocenters. The van der Waals surface area contributed by atoms with Gasteiger partial charge in [-0.2, -0.15) is 13.2 Å². The summed E-state index contributed by atoms with van der Waals surface area (Å²) in [6.07, 6.45) is 1.97. The number of hydrogen-bond acceptors (Lipinski definition) is 6. The van der Waals surface area contributed by atoms with E-state index in [1.165, 1.54) is 10.9 Å². The number of aryl methyl sites for hydroxylation is 2. The molecule has 33 heavy (non-hydrogen) atoms. The van der Waals surface area contributed by atoms with Crippen LogP contribution < -0.4 is 10.00 Å². The molecule has 0 aromatic carbocycles. The summed E-state index contributed by atoms with van der Waals surface area (Å²) in [6.45, 7) is 2.17. The van der Waals surface area contributed by atoms with Gasteiger partial charge in [0.05, 0.1) is 23.3 Å². The average Bonchev–Trinajstić information content (AvgIpc) is 3.33. The van der Waals surface area contributed by atoms with Crippen molar-refractivity contribution in [2.75, 3.05) is 5.32 Å².